The van der Waals surface area contributed by atoms with E-state index in [9.17, 15) is 5.11 Å². The SMILES string of the molecule is COc1ccc(C2=N[C@@H](c3ccc(Br)cc3)N[C@H](c3cc(Cl)ccc3O)C2)cc1. The van der Waals surface area contributed by atoms with Crippen LogP contribution in [0, 0.1) is 0 Å². The Kier molecular flexibility index (Phi) is 5.90. The Hall–Kier alpha value is -2.34. The first kappa shape index (κ1) is 20.0. The standard InChI is InChI=1S/C23H20BrClN2O2/c1-29-18-9-4-14(5-10-18)20-13-21(19-12-17(25)8-11-22(19)28)27-23(26-20)15-2-6-16(24)7-3-15/h2-12,21,23,27-28H,13H2,1H3/t21-,23+/m0/s1. The Balaban J connectivity index is 1.75. The number of benzene rings is 3. The van der Waals surface area contributed by atoms with Crippen LogP contribution in [0.2, 0.25) is 5.02 Å². The third-order valence-corrected chi connectivity index (χ3v) is 5.78. The molecule has 0 saturated heterocycles. The Labute approximate surface area is 183 Å². The lowest BCUT2D eigenvalue weighted by Crippen LogP contribution is -2.33. The number of nitrogens with zero attached hydrogens (tertiary/aromatic N) is 1. The molecule has 3 aromatic rings. The van der Waals surface area contributed by atoms with Crippen molar-refractivity contribution in [1.82, 2.24) is 5.32 Å². The van der Waals surface area contributed by atoms with Crippen molar-refractivity contribution in [1.29, 1.82) is 0 Å². The van der Waals surface area contributed by atoms with Gasteiger partial charge in [0.2, 0.25) is 0 Å². The van der Waals surface area contributed by atoms with E-state index in [2.05, 4.69) is 21.2 Å². The summed E-state index contributed by atoms with van der Waals surface area (Å²) in [5, 5.41) is 14.6. The molecule has 0 bridgehead atoms. The van der Waals surface area contributed by atoms with Gasteiger partial charge in [-0.05, 0) is 65.7 Å². The van der Waals surface area contributed by atoms with E-state index in [1.165, 1.54) is 0 Å². The minimum Gasteiger partial charge on any atom is -0.508 e. The van der Waals surface area contributed by atoms with Crippen LogP contribution in [-0.2, 0) is 0 Å². The molecule has 0 radical (unpaired) electrons. The maximum absolute atomic E-state index is 10.4. The molecule has 0 unspecified atom stereocenters. The summed E-state index contributed by atoms with van der Waals surface area (Å²) in [7, 11) is 1.65. The Morgan fingerprint density at radius 3 is 2.48 bits per heavy atom. The van der Waals surface area contributed by atoms with Gasteiger partial charge in [-0.3, -0.25) is 10.3 Å². The van der Waals surface area contributed by atoms with E-state index in [0.717, 1.165) is 32.6 Å². The molecule has 0 saturated carbocycles. The van der Waals surface area contributed by atoms with Gasteiger partial charge in [0.25, 0.3) is 0 Å². The van der Waals surface area contributed by atoms with Gasteiger partial charge in [-0.2, -0.15) is 0 Å². The summed E-state index contributed by atoms with van der Waals surface area (Å²) >= 11 is 9.69. The molecule has 148 valence electrons. The first-order valence-electron chi connectivity index (χ1n) is 9.24. The summed E-state index contributed by atoms with van der Waals surface area (Å²) in [5.74, 6) is 1.02. The van der Waals surface area contributed by atoms with Crippen LogP contribution in [0.4, 0.5) is 0 Å². The minimum absolute atomic E-state index is 0.128. The molecule has 0 aliphatic carbocycles. The molecular weight excluding hydrogens is 452 g/mol. The Bertz CT molecular complexity index is 1040. The average molecular weight is 472 g/mol. The summed E-state index contributed by atoms with van der Waals surface area (Å²) in [4.78, 5) is 4.97. The van der Waals surface area contributed by atoms with E-state index in [-0.39, 0.29) is 18.0 Å². The quantitative estimate of drug-likeness (QED) is 0.488. The number of nitrogens with one attached hydrogen (secondary N) is 1. The maximum atomic E-state index is 10.4. The molecule has 3 aromatic carbocycles. The van der Waals surface area contributed by atoms with Crippen molar-refractivity contribution in [3.05, 3.63) is 92.9 Å². The molecule has 29 heavy (non-hydrogen) atoms. The van der Waals surface area contributed by atoms with Crippen LogP contribution in [0.1, 0.15) is 35.3 Å². The number of ether oxygens (including phenoxy) is 1. The molecule has 2 N–H and O–H groups in total. The fraction of sp³-hybridized carbons (Fsp3) is 0.174. The summed E-state index contributed by atoms with van der Waals surface area (Å²) in [6.07, 6.45) is 0.394. The highest BCUT2D eigenvalue weighted by Crippen LogP contribution is 2.36. The highest BCUT2D eigenvalue weighted by molar-refractivity contribution is 9.10. The molecule has 6 heteroatoms. The number of rotatable bonds is 4. The van der Waals surface area contributed by atoms with Gasteiger partial charge in [0.1, 0.15) is 17.7 Å². The monoisotopic (exact) mass is 470 g/mol. The summed E-state index contributed by atoms with van der Waals surface area (Å²) in [6.45, 7) is 0. The van der Waals surface area contributed by atoms with Crippen molar-refractivity contribution in [3.63, 3.8) is 0 Å². The van der Waals surface area contributed by atoms with Crippen LogP contribution in [0.5, 0.6) is 11.5 Å². The highest BCUT2D eigenvalue weighted by atomic mass is 79.9. The maximum Gasteiger partial charge on any atom is 0.126 e. The third-order valence-electron chi connectivity index (χ3n) is 5.02. The van der Waals surface area contributed by atoms with E-state index in [1.807, 2.05) is 54.6 Å². The number of phenols is 1. The summed E-state index contributed by atoms with van der Waals surface area (Å²) < 4.78 is 6.29. The van der Waals surface area contributed by atoms with Gasteiger partial charge in [-0.15, -0.1) is 0 Å². The normalized spacial score (nSPS) is 18.9. The van der Waals surface area contributed by atoms with Gasteiger partial charge < -0.3 is 9.84 Å². The summed E-state index contributed by atoms with van der Waals surface area (Å²) in [5.41, 5.74) is 3.80. The lowest BCUT2D eigenvalue weighted by Gasteiger charge is -2.31. The lowest BCUT2D eigenvalue weighted by atomic mass is 9.93. The van der Waals surface area contributed by atoms with Gasteiger partial charge in [0.05, 0.1) is 7.11 Å². The van der Waals surface area contributed by atoms with Crippen molar-refractivity contribution in [2.24, 2.45) is 4.99 Å². The van der Waals surface area contributed by atoms with E-state index in [0.29, 0.717) is 11.4 Å². The van der Waals surface area contributed by atoms with Crippen LogP contribution in [-0.4, -0.2) is 17.9 Å². The summed E-state index contributed by atoms with van der Waals surface area (Å²) in [6, 6.07) is 21.0. The number of aromatic hydroxyl groups is 1. The van der Waals surface area contributed by atoms with Crippen LogP contribution in [0.3, 0.4) is 0 Å². The van der Waals surface area contributed by atoms with Gasteiger partial charge in [0.15, 0.2) is 0 Å². The second-order valence-electron chi connectivity index (χ2n) is 6.88. The first-order valence-corrected chi connectivity index (χ1v) is 10.4. The van der Waals surface area contributed by atoms with Crippen LogP contribution in [0.15, 0.2) is 76.2 Å². The minimum atomic E-state index is -0.239. The van der Waals surface area contributed by atoms with Gasteiger partial charge in [-0.1, -0.05) is 39.7 Å². The predicted molar refractivity (Wildman–Crippen MR) is 120 cm³/mol. The van der Waals surface area contributed by atoms with Crippen molar-refractivity contribution < 1.29 is 9.84 Å². The number of hydrogen-bond donors (Lipinski definition) is 2. The van der Waals surface area contributed by atoms with Crippen molar-refractivity contribution >= 4 is 33.2 Å². The van der Waals surface area contributed by atoms with E-state index in [1.54, 1.807) is 19.2 Å². The van der Waals surface area contributed by atoms with Crippen molar-refractivity contribution in [3.8, 4) is 11.5 Å². The number of hydrogen-bond acceptors (Lipinski definition) is 4. The number of phenolic OH excluding ortho intramolecular Hbond substituents is 1. The number of aliphatic imine (C=N–C) groups is 1. The van der Waals surface area contributed by atoms with Gasteiger partial charge >= 0.3 is 0 Å². The number of halogens is 2. The molecule has 0 aromatic heterocycles. The molecule has 1 heterocycles. The van der Waals surface area contributed by atoms with Crippen molar-refractivity contribution in [2.75, 3.05) is 7.11 Å². The van der Waals surface area contributed by atoms with Crippen molar-refractivity contribution in [2.45, 2.75) is 18.6 Å². The Morgan fingerprint density at radius 2 is 1.79 bits per heavy atom. The van der Waals surface area contributed by atoms with Crippen LogP contribution in [0.25, 0.3) is 0 Å². The molecular formula is C23H20BrClN2O2. The Morgan fingerprint density at radius 1 is 1.07 bits per heavy atom. The molecule has 0 spiro atoms. The molecule has 4 rings (SSSR count). The largest absolute Gasteiger partial charge is 0.508 e. The topological polar surface area (TPSA) is 53.8 Å². The average Bonchev–Trinajstić information content (AvgIpc) is 2.75. The molecule has 2 atom stereocenters. The zero-order valence-electron chi connectivity index (χ0n) is 15.8. The third kappa shape index (κ3) is 4.47. The molecule has 1 aliphatic heterocycles. The van der Waals surface area contributed by atoms with Crippen LogP contribution >= 0.6 is 27.5 Å². The molecule has 0 amide bonds. The highest BCUT2D eigenvalue weighted by Gasteiger charge is 2.27. The first-order chi connectivity index (χ1) is 14.0. The fourth-order valence-electron chi connectivity index (χ4n) is 3.48. The van der Waals surface area contributed by atoms with Crippen LogP contribution < -0.4 is 10.1 Å². The van der Waals surface area contributed by atoms with Gasteiger partial charge in [0, 0.05) is 33.2 Å². The molecule has 1 aliphatic rings. The second-order valence-corrected chi connectivity index (χ2v) is 8.24. The zero-order valence-corrected chi connectivity index (χ0v) is 18.1. The fourth-order valence-corrected chi connectivity index (χ4v) is 3.93. The van der Waals surface area contributed by atoms with Gasteiger partial charge in [-0.25, -0.2) is 0 Å². The van der Waals surface area contributed by atoms with E-state index >= 15 is 0 Å². The van der Waals surface area contributed by atoms with E-state index < -0.39 is 0 Å². The molecule has 0 fully saturated rings. The predicted octanol–water partition coefficient (Wildman–Crippen LogP) is 6.04. The zero-order chi connectivity index (χ0) is 20.4. The lowest BCUT2D eigenvalue weighted by molar-refractivity contribution is 0.412. The number of methoxy groups -OCH3 is 1. The second kappa shape index (κ2) is 8.57. The molecule has 4 nitrogen and oxygen atoms in total. The van der Waals surface area contributed by atoms with E-state index in [4.69, 9.17) is 21.3 Å². The smallest absolute Gasteiger partial charge is 0.126 e.